The molecule has 1 heterocycles. The Kier molecular flexibility index (Phi) is 6.19. The summed E-state index contributed by atoms with van der Waals surface area (Å²) >= 11 is 0.995. The molecule has 8 heteroatoms. The van der Waals surface area contributed by atoms with Crippen molar-refractivity contribution < 1.29 is 22.7 Å². The van der Waals surface area contributed by atoms with Gasteiger partial charge in [-0.2, -0.15) is 13.2 Å². The molecule has 0 aliphatic rings. The Hall–Kier alpha value is -2.09. The Morgan fingerprint density at radius 1 is 1.30 bits per heavy atom. The van der Waals surface area contributed by atoms with Gasteiger partial charge in [0.05, 0.1) is 5.69 Å². The van der Waals surface area contributed by atoms with Crippen LogP contribution in [0.1, 0.15) is 39.0 Å². The van der Waals surface area contributed by atoms with Crippen molar-refractivity contribution in [3.63, 3.8) is 0 Å². The Balaban J connectivity index is 2.22. The van der Waals surface area contributed by atoms with Gasteiger partial charge in [0.2, 0.25) is 0 Å². The first kappa shape index (κ1) is 21.2. The van der Waals surface area contributed by atoms with Crippen LogP contribution >= 0.6 is 11.3 Å². The smallest absolute Gasteiger partial charge is 0.406 e. The standard InChI is InChI=1S/C19H23F3N2O2S/c1-12-10-27-17(23-12)24(11-19(20,21)22)16(25)13(2)26-15-8-6-7-14(9-15)18(3,4)5/h6-10,13H,11H2,1-5H3. The van der Waals surface area contributed by atoms with E-state index < -0.39 is 24.7 Å². The summed E-state index contributed by atoms with van der Waals surface area (Å²) in [6, 6.07) is 7.21. The van der Waals surface area contributed by atoms with E-state index in [4.69, 9.17) is 4.74 Å². The molecule has 1 aromatic heterocycles. The number of aromatic nitrogens is 1. The SMILES string of the molecule is Cc1csc(N(CC(F)(F)F)C(=O)C(C)Oc2cccc(C(C)(C)C)c2)n1. The van der Waals surface area contributed by atoms with Gasteiger partial charge in [0, 0.05) is 5.38 Å². The number of halogens is 3. The predicted octanol–water partition coefficient (Wildman–Crippen LogP) is 5.11. The lowest BCUT2D eigenvalue weighted by molar-refractivity contribution is -0.136. The summed E-state index contributed by atoms with van der Waals surface area (Å²) in [5, 5.41) is 1.61. The number of carbonyl (C=O) groups excluding carboxylic acids is 1. The van der Waals surface area contributed by atoms with Gasteiger partial charge in [0.25, 0.3) is 5.91 Å². The molecule has 1 atom stereocenters. The minimum Gasteiger partial charge on any atom is -0.481 e. The van der Waals surface area contributed by atoms with Crippen LogP contribution in [0.3, 0.4) is 0 Å². The van der Waals surface area contributed by atoms with E-state index in [0.29, 0.717) is 16.3 Å². The third-order valence-corrected chi connectivity index (χ3v) is 4.78. The lowest BCUT2D eigenvalue weighted by atomic mass is 9.87. The van der Waals surface area contributed by atoms with Gasteiger partial charge in [-0.15, -0.1) is 11.3 Å². The summed E-state index contributed by atoms with van der Waals surface area (Å²) < 4.78 is 44.6. The highest BCUT2D eigenvalue weighted by Gasteiger charge is 2.37. The van der Waals surface area contributed by atoms with Crippen molar-refractivity contribution in [3.05, 3.63) is 40.9 Å². The third-order valence-electron chi connectivity index (χ3n) is 3.80. The first-order chi connectivity index (χ1) is 12.4. The summed E-state index contributed by atoms with van der Waals surface area (Å²) in [5.41, 5.74) is 1.44. The van der Waals surface area contributed by atoms with Crippen LogP contribution in [0.5, 0.6) is 5.75 Å². The molecule has 0 radical (unpaired) electrons. The van der Waals surface area contributed by atoms with Crippen LogP contribution in [-0.2, 0) is 10.2 Å². The number of nitrogens with zero attached hydrogens (tertiary/aromatic N) is 2. The van der Waals surface area contributed by atoms with Crippen LogP contribution in [0.2, 0.25) is 0 Å². The van der Waals surface area contributed by atoms with E-state index in [1.807, 2.05) is 26.8 Å². The Morgan fingerprint density at radius 3 is 2.48 bits per heavy atom. The maximum Gasteiger partial charge on any atom is 0.406 e. The number of rotatable bonds is 5. The molecule has 27 heavy (non-hydrogen) atoms. The fraction of sp³-hybridized carbons (Fsp3) is 0.474. The molecular weight excluding hydrogens is 377 g/mol. The van der Waals surface area contributed by atoms with Crippen LogP contribution in [0, 0.1) is 6.92 Å². The van der Waals surface area contributed by atoms with Gasteiger partial charge in [0.1, 0.15) is 12.3 Å². The molecule has 148 valence electrons. The van der Waals surface area contributed by atoms with Crippen LogP contribution in [-0.4, -0.2) is 29.7 Å². The van der Waals surface area contributed by atoms with E-state index >= 15 is 0 Å². The van der Waals surface area contributed by atoms with Crippen LogP contribution in [0.15, 0.2) is 29.6 Å². The molecule has 2 aromatic rings. The van der Waals surface area contributed by atoms with Gasteiger partial charge < -0.3 is 4.74 Å². The maximum atomic E-state index is 13.0. The fourth-order valence-corrected chi connectivity index (χ4v) is 3.20. The molecule has 0 aliphatic carbocycles. The van der Waals surface area contributed by atoms with Crippen molar-refractivity contribution in [1.29, 1.82) is 0 Å². The van der Waals surface area contributed by atoms with Gasteiger partial charge in [-0.05, 0) is 37.0 Å². The first-order valence-corrected chi connectivity index (χ1v) is 9.32. The van der Waals surface area contributed by atoms with Crippen molar-refractivity contribution in [1.82, 2.24) is 4.98 Å². The number of thiazole rings is 1. The lowest BCUT2D eigenvalue weighted by Crippen LogP contribution is -2.45. The molecule has 1 unspecified atom stereocenters. The van der Waals surface area contributed by atoms with E-state index in [-0.39, 0.29) is 10.5 Å². The number of aryl methyl sites for hydroxylation is 1. The number of hydrogen-bond donors (Lipinski definition) is 0. The van der Waals surface area contributed by atoms with Gasteiger partial charge in [-0.3, -0.25) is 9.69 Å². The maximum absolute atomic E-state index is 13.0. The topological polar surface area (TPSA) is 42.4 Å². The third kappa shape index (κ3) is 5.95. The summed E-state index contributed by atoms with van der Waals surface area (Å²) in [6.07, 6.45) is -5.63. The van der Waals surface area contributed by atoms with E-state index in [1.54, 1.807) is 30.5 Å². The van der Waals surface area contributed by atoms with Gasteiger partial charge in [-0.1, -0.05) is 32.9 Å². The van der Waals surface area contributed by atoms with E-state index in [0.717, 1.165) is 16.9 Å². The van der Waals surface area contributed by atoms with Crippen molar-refractivity contribution in [2.24, 2.45) is 0 Å². The first-order valence-electron chi connectivity index (χ1n) is 8.44. The second kappa shape index (κ2) is 7.88. The summed E-state index contributed by atoms with van der Waals surface area (Å²) in [6.45, 7) is 7.81. The minimum absolute atomic E-state index is 0.00807. The number of hydrogen-bond acceptors (Lipinski definition) is 4. The van der Waals surface area contributed by atoms with Gasteiger partial charge >= 0.3 is 6.18 Å². The van der Waals surface area contributed by atoms with Crippen molar-refractivity contribution in [3.8, 4) is 5.75 Å². The van der Waals surface area contributed by atoms with E-state index in [9.17, 15) is 18.0 Å². The average Bonchev–Trinajstić information content (AvgIpc) is 2.97. The number of anilines is 1. The Labute approximate surface area is 161 Å². The van der Waals surface area contributed by atoms with E-state index in [2.05, 4.69) is 4.98 Å². The zero-order chi connectivity index (χ0) is 20.4. The van der Waals surface area contributed by atoms with Crippen molar-refractivity contribution in [2.75, 3.05) is 11.4 Å². The van der Waals surface area contributed by atoms with Crippen molar-refractivity contribution in [2.45, 2.75) is 52.3 Å². The summed E-state index contributed by atoms with van der Waals surface area (Å²) in [4.78, 5) is 17.3. The predicted molar refractivity (Wildman–Crippen MR) is 100 cm³/mol. The number of amides is 1. The highest BCUT2D eigenvalue weighted by atomic mass is 32.1. The van der Waals surface area contributed by atoms with Gasteiger partial charge in [0.15, 0.2) is 11.2 Å². The molecule has 0 N–H and O–H groups in total. The molecule has 2 rings (SSSR count). The molecule has 0 saturated carbocycles. The molecule has 4 nitrogen and oxygen atoms in total. The van der Waals surface area contributed by atoms with Crippen molar-refractivity contribution >= 4 is 22.4 Å². The number of benzene rings is 1. The monoisotopic (exact) mass is 400 g/mol. The molecule has 0 bridgehead atoms. The quantitative estimate of drug-likeness (QED) is 0.700. The molecule has 0 aliphatic heterocycles. The number of ether oxygens (including phenoxy) is 1. The molecule has 1 aromatic carbocycles. The number of alkyl halides is 3. The fourth-order valence-electron chi connectivity index (χ4n) is 2.39. The average molecular weight is 400 g/mol. The second-order valence-corrected chi connectivity index (χ2v) is 8.19. The van der Waals surface area contributed by atoms with E-state index in [1.165, 1.54) is 6.92 Å². The normalized spacial score (nSPS) is 13.3. The van der Waals surface area contributed by atoms with Crippen LogP contribution < -0.4 is 9.64 Å². The van der Waals surface area contributed by atoms with Gasteiger partial charge in [-0.25, -0.2) is 4.98 Å². The highest BCUT2D eigenvalue weighted by molar-refractivity contribution is 7.14. The Bertz CT molecular complexity index is 797. The zero-order valence-corrected chi connectivity index (χ0v) is 16.7. The number of carbonyl (C=O) groups is 1. The molecule has 0 saturated heterocycles. The largest absolute Gasteiger partial charge is 0.481 e. The summed E-state index contributed by atoms with van der Waals surface area (Å²) in [7, 11) is 0. The lowest BCUT2D eigenvalue weighted by Gasteiger charge is -2.25. The molecule has 1 amide bonds. The Morgan fingerprint density at radius 2 is 1.96 bits per heavy atom. The summed E-state index contributed by atoms with van der Waals surface area (Å²) in [5.74, 6) is -0.353. The second-order valence-electron chi connectivity index (χ2n) is 7.35. The van der Waals surface area contributed by atoms with Crippen LogP contribution in [0.4, 0.5) is 18.3 Å². The molecule has 0 fully saturated rings. The highest BCUT2D eigenvalue weighted by Crippen LogP contribution is 2.28. The van der Waals surface area contributed by atoms with Crippen LogP contribution in [0.25, 0.3) is 0 Å². The zero-order valence-electron chi connectivity index (χ0n) is 15.9. The molecule has 0 spiro atoms. The molecular formula is C19H23F3N2O2S. The minimum atomic E-state index is -4.54.